The number of nitrogens with one attached hydrogen (secondary N) is 1. The van der Waals surface area contributed by atoms with Crippen molar-refractivity contribution in [3.63, 3.8) is 0 Å². The molecule has 0 unspecified atom stereocenters. The van der Waals surface area contributed by atoms with Crippen molar-refractivity contribution in [1.82, 2.24) is 5.32 Å². The molecule has 0 spiro atoms. The van der Waals surface area contributed by atoms with Crippen LogP contribution >= 0.6 is 11.6 Å². The van der Waals surface area contributed by atoms with Crippen LogP contribution < -0.4 is 14.8 Å². The molecule has 122 valence electrons. The molecule has 0 fully saturated rings. The number of halogens is 1. The largest absolute Gasteiger partial charge is 0.496 e. The number of methoxy groups -OCH3 is 1. The highest BCUT2D eigenvalue weighted by Gasteiger charge is 2.19. The Bertz CT molecular complexity index is 658. The molecule has 0 radical (unpaired) electrons. The summed E-state index contributed by atoms with van der Waals surface area (Å²) in [4.78, 5) is 12.3. The number of rotatable bonds is 6. The molecule has 5 heteroatoms. The van der Waals surface area contributed by atoms with Crippen molar-refractivity contribution in [3.8, 4) is 11.5 Å². The van der Waals surface area contributed by atoms with Crippen molar-refractivity contribution in [2.24, 2.45) is 0 Å². The lowest BCUT2D eigenvalue weighted by atomic mass is 10.1. The maximum Gasteiger partial charge on any atom is 0.261 e. The van der Waals surface area contributed by atoms with Gasteiger partial charge < -0.3 is 14.8 Å². The van der Waals surface area contributed by atoms with E-state index in [-0.39, 0.29) is 11.9 Å². The van der Waals surface area contributed by atoms with E-state index in [9.17, 15) is 4.79 Å². The lowest BCUT2D eigenvalue weighted by Crippen LogP contribution is -2.37. The second-order valence-corrected chi connectivity index (χ2v) is 5.62. The van der Waals surface area contributed by atoms with E-state index in [4.69, 9.17) is 21.1 Å². The molecule has 0 aromatic heterocycles. The summed E-state index contributed by atoms with van der Waals surface area (Å²) in [6.07, 6.45) is -0.617. The summed E-state index contributed by atoms with van der Waals surface area (Å²) in [5, 5.41) is 3.56. The number of carbonyl (C=O) groups excluding carboxylic acids is 1. The van der Waals surface area contributed by atoms with Crippen LogP contribution in [-0.2, 0) is 4.79 Å². The molecule has 23 heavy (non-hydrogen) atoms. The van der Waals surface area contributed by atoms with Crippen LogP contribution in [-0.4, -0.2) is 19.1 Å². The Hall–Kier alpha value is -2.20. The first kappa shape index (κ1) is 17.2. The summed E-state index contributed by atoms with van der Waals surface area (Å²) < 4.78 is 10.9. The molecule has 2 aromatic rings. The molecule has 0 aliphatic carbocycles. The molecule has 1 amide bonds. The summed E-state index contributed by atoms with van der Waals surface area (Å²) in [5.74, 6) is 1.15. The summed E-state index contributed by atoms with van der Waals surface area (Å²) in [6, 6.07) is 14.3. The van der Waals surface area contributed by atoms with Crippen molar-refractivity contribution >= 4 is 17.5 Å². The molecule has 0 aliphatic rings. The van der Waals surface area contributed by atoms with Crippen LogP contribution in [0.1, 0.15) is 25.5 Å². The third-order valence-electron chi connectivity index (χ3n) is 3.46. The summed E-state index contributed by atoms with van der Waals surface area (Å²) in [5.41, 5.74) is 0.919. The molecule has 0 saturated heterocycles. The molecule has 4 nitrogen and oxygen atoms in total. The van der Waals surface area contributed by atoms with Gasteiger partial charge in [0.2, 0.25) is 0 Å². The quantitative estimate of drug-likeness (QED) is 0.869. The monoisotopic (exact) mass is 333 g/mol. The minimum atomic E-state index is -0.617. The molecule has 0 aliphatic heterocycles. The van der Waals surface area contributed by atoms with Crippen LogP contribution in [0.25, 0.3) is 0 Å². The number of para-hydroxylation sites is 1. The molecule has 0 saturated carbocycles. The van der Waals surface area contributed by atoms with E-state index in [0.717, 1.165) is 11.3 Å². The highest BCUT2D eigenvalue weighted by molar-refractivity contribution is 6.30. The van der Waals surface area contributed by atoms with Crippen LogP contribution in [0.4, 0.5) is 0 Å². The Balaban J connectivity index is 1.98. The lowest BCUT2D eigenvalue weighted by molar-refractivity contribution is -0.127. The first-order valence-electron chi connectivity index (χ1n) is 7.36. The van der Waals surface area contributed by atoms with E-state index in [0.29, 0.717) is 10.8 Å². The number of carbonyl (C=O) groups is 1. The SMILES string of the molecule is COc1ccccc1[C@@H](C)NC(=O)[C@@H](C)Oc1ccc(Cl)cc1. The van der Waals surface area contributed by atoms with E-state index in [1.807, 2.05) is 31.2 Å². The van der Waals surface area contributed by atoms with E-state index < -0.39 is 6.10 Å². The number of hydrogen-bond donors (Lipinski definition) is 1. The fraction of sp³-hybridized carbons (Fsp3) is 0.278. The molecule has 2 atom stereocenters. The summed E-state index contributed by atoms with van der Waals surface area (Å²) >= 11 is 5.83. The van der Waals surface area contributed by atoms with Gasteiger partial charge in [-0.15, -0.1) is 0 Å². The van der Waals surface area contributed by atoms with Gasteiger partial charge >= 0.3 is 0 Å². The number of benzene rings is 2. The average molecular weight is 334 g/mol. The summed E-state index contributed by atoms with van der Waals surface area (Å²) in [7, 11) is 1.61. The molecule has 2 rings (SSSR count). The minimum absolute atomic E-state index is 0.185. The van der Waals surface area contributed by atoms with E-state index in [2.05, 4.69) is 5.32 Å². The fourth-order valence-electron chi connectivity index (χ4n) is 2.20. The normalized spacial score (nSPS) is 13.0. The fourth-order valence-corrected chi connectivity index (χ4v) is 2.33. The zero-order valence-electron chi connectivity index (χ0n) is 13.4. The molecule has 2 aromatic carbocycles. The number of ether oxygens (including phenoxy) is 2. The second-order valence-electron chi connectivity index (χ2n) is 5.19. The molecule has 0 bridgehead atoms. The zero-order valence-corrected chi connectivity index (χ0v) is 14.1. The van der Waals surface area contributed by atoms with Gasteiger partial charge in [0.1, 0.15) is 11.5 Å². The van der Waals surface area contributed by atoms with Crippen LogP contribution in [0.5, 0.6) is 11.5 Å². The van der Waals surface area contributed by atoms with Gasteiger partial charge in [0.15, 0.2) is 6.10 Å². The smallest absolute Gasteiger partial charge is 0.261 e. The maximum absolute atomic E-state index is 12.3. The van der Waals surface area contributed by atoms with Gasteiger partial charge in [-0.3, -0.25) is 4.79 Å². The molecular weight excluding hydrogens is 314 g/mol. The zero-order chi connectivity index (χ0) is 16.8. The van der Waals surface area contributed by atoms with Crippen LogP contribution in [0.15, 0.2) is 48.5 Å². The first-order chi connectivity index (χ1) is 11.0. The van der Waals surface area contributed by atoms with Gasteiger partial charge in [-0.05, 0) is 44.2 Å². The highest BCUT2D eigenvalue weighted by atomic mass is 35.5. The van der Waals surface area contributed by atoms with Gasteiger partial charge in [0.25, 0.3) is 5.91 Å². The molecule has 1 N–H and O–H groups in total. The number of amides is 1. The third kappa shape index (κ3) is 4.63. The van der Waals surface area contributed by atoms with Crippen molar-refractivity contribution in [1.29, 1.82) is 0 Å². The van der Waals surface area contributed by atoms with Crippen molar-refractivity contribution in [2.75, 3.05) is 7.11 Å². The Morgan fingerprint density at radius 1 is 1.09 bits per heavy atom. The highest BCUT2D eigenvalue weighted by Crippen LogP contribution is 2.24. The van der Waals surface area contributed by atoms with Gasteiger partial charge in [0, 0.05) is 10.6 Å². The Labute approximate surface area is 141 Å². The van der Waals surface area contributed by atoms with E-state index >= 15 is 0 Å². The van der Waals surface area contributed by atoms with Crippen molar-refractivity contribution in [2.45, 2.75) is 26.0 Å². The van der Waals surface area contributed by atoms with Gasteiger partial charge in [-0.25, -0.2) is 0 Å². The predicted octanol–water partition coefficient (Wildman–Crippen LogP) is 3.99. The van der Waals surface area contributed by atoms with Gasteiger partial charge in [-0.2, -0.15) is 0 Å². The van der Waals surface area contributed by atoms with E-state index in [1.165, 1.54) is 0 Å². The summed E-state index contributed by atoms with van der Waals surface area (Å²) in [6.45, 7) is 3.61. The van der Waals surface area contributed by atoms with Gasteiger partial charge in [0.05, 0.1) is 13.2 Å². The average Bonchev–Trinajstić information content (AvgIpc) is 2.56. The van der Waals surface area contributed by atoms with Gasteiger partial charge in [-0.1, -0.05) is 29.8 Å². The lowest BCUT2D eigenvalue weighted by Gasteiger charge is -2.20. The van der Waals surface area contributed by atoms with Crippen molar-refractivity contribution in [3.05, 3.63) is 59.1 Å². The van der Waals surface area contributed by atoms with Crippen LogP contribution in [0, 0.1) is 0 Å². The molecular formula is C18H20ClNO3. The van der Waals surface area contributed by atoms with Crippen LogP contribution in [0.3, 0.4) is 0 Å². The minimum Gasteiger partial charge on any atom is -0.496 e. The predicted molar refractivity (Wildman–Crippen MR) is 91.1 cm³/mol. The van der Waals surface area contributed by atoms with Crippen molar-refractivity contribution < 1.29 is 14.3 Å². The molecule has 0 heterocycles. The Kier molecular flexibility index (Phi) is 5.88. The Morgan fingerprint density at radius 2 is 1.74 bits per heavy atom. The first-order valence-corrected chi connectivity index (χ1v) is 7.74. The standard InChI is InChI=1S/C18H20ClNO3/c1-12(16-6-4-5-7-17(16)22-3)20-18(21)13(2)23-15-10-8-14(19)9-11-15/h4-13H,1-3H3,(H,20,21)/t12-,13-/m1/s1. The number of hydrogen-bond acceptors (Lipinski definition) is 3. The maximum atomic E-state index is 12.3. The topological polar surface area (TPSA) is 47.6 Å². The third-order valence-corrected chi connectivity index (χ3v) is 3.71. The second kappa shape index (κ2) is 7.88. The van der Waals surface area contributed by atoms with Crippen LogP contribution in [0.2, 0.25) is 5.02 Å². The van der Waals surface area contributed by atoms with E-state index in [1.54, 1.807) is 38.3 Å². The Morgan fingerprint density at radius 3 is 2.39 bits per heavy atom.